The number of carbonyl (C=O) groups is 2. The van der Waals surface area contributed by atoms with E-state index in [2.05, 4.69) is 16.9 Å². The van der Waals surface area contributed by atoms with Crippen LogP contribution in [0.3, 0.4) is 0 Å². The van der Waals surface area contributed by atoms with E-state index in [4.69, 9.17) is 5.11 Å². The number of likely N-dealkylation sites (N-methyl/N-ethyl adjacent to an activating group) is 1. The fraction of sp³-hybridized carbons (Fsp3) is 0.615. The van der Waals surface area contributed by atoms with Gasteiger partial charge in [0.25, 0.3) is 0 Å². The van der Waals surface area contributed by atoms with Gasteiger partial charge in [-0.1, -0.05) is 6.92 Å². The van der Waals surface area contributed by atoms with E-state index in [1.165, 1.54) is 17.1 Å². The van der Waals surface area contributed by atoms with Crippen LogP contribution in [0.4, 0.5) is 0 Å². The summed E-state index contributed by atoms with van der Waals surface area (Å²) in [5.41, 5.74) is 0.147. The number of aryl methyl sites for hydroxylation is 1. The predicted octanol–water partition coefficient (Wildman–Crippen LogP) is 0.136. The Morgan fingerprint density at radius 1 is 1.30 bits per heavy atom. The van der Waals surface area contributed by atoms with Crippen molar-refractivity contribution in [1.82, 2.24) is 19.6 Å². The van der Waals surface area contributed by atoms with Gasteiger partial charge < -0.3 is 14.9 Å². The maximum Gasteiger partial charge on any atom is 0.338 e. The lowest BCUT2D eigenvalue weighted by Gasteiger charge is -2.34. The lowest BCUT2D eigenvalue weighted by atomic mass is 10.2. The highest BCUT2D eigenvalue weighted by atomic mass is 16.4. The Balaban J connectivity index is 1.78. The van der Waals surface area contributed by atoms with Gasteiger partial charge in [-0.3, -0.25) is 9.48 Å². The third-order valence-electron chi connectivity index (χ3n) is 3.61. The number of carbonyl (C=O) groups excluding carboxylic acids is 1. The average molecular weight is 280 g/mol. The first kappa shape index (κ1) is 14.5. The molecular formula is C13H20N4O3. The molecule has 2 rings (SSSR count). The summed E-state index contributed by atoms with van der Waals surface area (Å²) in [4.78, 5) is 27.0. The van der Waals surface area contributed by atoms with Gasteiger partial charge in [0, 0.05) is 45.3 Å². The summed E-state index contributed by atoms with van der Waals surface area (Å²) in [7, 11) is 0. The summed E-state index contributed by atoms with van der Waals surface area (Å²) in [5.74, 6) is -0.897. The fourth-order valence-corrected chi connectivity index (χ4v) is 2.28. The van der Waals surface area contributed by atoms with E-state index in [0.717, 1.165) is 32.7 Å². The van der Waals surface area contributed by atoms with Gasteiger partial charge >= 0.3 is 5.97 Å². The van der Waals surface area contributed by atoms with Gasteiger partial charge in [0.2, 0.25) is 5.91 Å². The molecule has 1 aromatic heterocycles. The van der Waals surface area contributed by atoms with Gasteiger partial charge in [-0.25, -0.2) is 4.79 Å². The lowest BCUT2D eigenvalue weighted by Crippen LogP contribution is -2.48. The number of hydrogen-bond acceptors (Lipinski definition) is 4. The molecule has 1 aliphatic heterocycles. The van der Waals surface area contributed by atoms with Gasteiger partial charge in [0.1, 0.15) is 0 Å². The summed E-state index contributed by atoms with van der Waals surface area (Å²) in [6.07, 6.45) is 3.10. The maximum atomic E-state index is 12.1. The Labute approximate surface area is 117 Å². The molecule has 7 heteroatoms. The lowest BCUT2D eigenvalue weighted by molar-refractivity contribution is -0.133. The highest BCUT2D eigenvalue weighted by Crippen LogP contribution is 2.05. The molecule has 0 bridgehead atoms. The number of aromatic nitrogens is 2. The van der Waals surface area contributed by atoms with Crippen molar-refractivity contribution in [2.75, 3.05) is 32.7 Å². The summed E-state index contributed by atoms with van der Waals surface area (Å²) in [6, 6.07) is 0. The molecule has 0 unspecified atom stereocenters. The summed E-state index contributed by atoms with van der Waals surface area (Å²) >= 11 is 0. The zero-order valence-corrected chi connectivity index (χ0v) is 11.7. The van der Waals surface area contributed by atoms with Gasteiger partial charge in [0.15, 0.2) is 0 Å². The zero-order chi connectivity index (χ0) is 14.5. The second-order valence-electron chi connectivity index (χ2n) is 4.86. The first-order valence-electron chi connectivity index (χ1n) is 6.86. The molecular weight excluding hydrogens is 260 g/mol. The molecule has 0 radical (unpaired) electrons. The number of amides is 1. The van der Waals surface area contributed by atoms with E-state index in [0.29, 0.717) is 13.0 Å². The number of carboxylic acid groups (broad SMARTS) is 1. The monoisotopic (exact) mass is 280 g/mol. The van der Waals surface area contributed by atoms with Crippen molar-refractivity contribution >= 4 is 11.9 Å². The summed E-state index contributed by atoms with van der Waals surface area (Å²) in [5, 5.41) is 12.7. The molecule has 1 fully saturated rings. The summed E-state index contributed by atoms with van der Waals surface area (Å²) in [6.45, 7) is 6.95. The standard InChI is InChI=1S/C13H20N4O3/c1-2-15-5-7-16(8-6-15)12(18)3-4-17-10-11(9-14-17)13(19)20/h9-10H,2-8H2,1H3,(H,19,20). The number of piperazine rings is 1. The number of hydrogen-bond donors (Lipinski definition) is 1. The van der Waals surface area contributed by atoms with Crippen LogP contribution in [0, 0.1) is 0 Å². The van der Waals surface area contributed by atoms with Gasteiger partial charge in [-0.05, 0) is 6.54 Å². The Hall–Kier alpha value is -1.89. The minimum absolute atomic E-state index is 0.105. The van der Waals surface area contributed by atoms with Crippen LogP contribution in [0.5, 0.6) is 0 Å². The van der Waals surface area contributed by atoms with Crippen LogP contribution in [0.25, 0.3) is 0 Å². The topological polar surface area (TPSA) is 78.7 Å². The highest BCUT2D eigenvalue weighted by Gasteiger charge is 2.19. The molecule has 1 aliphatic rings. The van der Waals surface area contributed by atoms with Crippen molar-refractivity contribution in [1.29, 1.82) is 0 Å². The van der Waals surface area contributed by atoms with Crippen LogP contribution in [0.2, 0.25) is 0 Å². The maximum absolute atomic E-state index is 12.1. The largest absolute Gasteiger partial charge is 0.478 e. The molecule has 0 saturated carbocycles. The molecule has 1 saturated heterocycles. The molecule has 1 amide bonds. The van der Waals surface area contributed by atoms with Crippen LogP contribution in [0.15, 0.2) is 12.4 Å². The Morgan fingerprint density at radius 3 is 2.55 bits per heavy atom. The molecule has 110 valence electrons. The molecule has 1 N–H and O–H groups in total. The van der Waals surface area contributed by atoms with E-state index in [1.807, 2.05) is 4.90 Å². The van der Waals surface area contributed by atoms with Crippen LogP contribution in [-0.2, 0) is 11.3 Å². The molecule has 0 spiro atoms. The van der Waals surface area contributed by atoms with Crippen LogP contribution >= 0.6 is 0 Å². The average Bonchev–Trinajstić information content (AvgIpc) is 2.94. The minimum atomic E-state index is -1.00. The number of nitrogens with zero attached hydrogens (tertiary/aromatic N) is 4. The highest BCUT2D eigenvalue weighted by molar-refractivity contribution is 5.86. The smallest absolute Gasteiger partial charge is 0.338 e. The third-order valence-corrected chi connectivity index (χ3v) is 3.61. The summed E-state index contributed by atoms with van der Waals surface area (Å²) < 4.78 is 1.50. The van der Waals surface area contributed by atoms with Crippen molar-refractivity contribution < 1.29 is 14.7 Å². The molecule has 20 heavy (non-hydrogen) atoms. The molecule has 0 aromatic carbocycles. The Morgan fingerprint density at radius 2 is 2.00 bits per heavy atom. The van der Waals surface area contributed by atoms with E-state index in [9.17, 15) is 9.59 Å². The third kappa shape index (κ3) is 3.57. The van der Waals surface area contributed by atoms with E-state index >= 15 is 0 Å². The van der Waals surface area contributed by atoms with Crippen molar-refractivity contribution in [2.45, 2.75) is 19.9 Å². The van der Waals surface area contributed by atoms with Gasteiger partial charge in [-0.15, -0.1) is 0 Å². The second kappa shape index (κ2) is 6.51. The molecule has 0 atom stereocenters. The zero-order valence-electron chi connectivity index (χ0n) is 11.7. The number of aromatic carboxylic acids is 1. The van der Waals surface area contributed by atoms with Crippen LogP contribution in [-0.4, -0.2) is 69.3 Å². The van der Waals surface area contributed by atoms with Crippen LogP contribution < -0.4 is 0 Å². The Bertz CT molecular complexity index is 478. The van der Waals surface area contributed by atoms with E-state index in [-0.39, 0.29) is 11.5 Å². The predicted molar refractivity (Wildman–Crippen MR) is 72.5 cm³/mol. The first-order valence-corrected chi connectivity index (χ1v) is 6.86. The van der Waals surface area contributed by atoms with Crippen molar-refractivity contribution in [3.05, 3.63) is 18.0 Å². The van der Waals surface area contributed by atoms with E-state index < -0.39 is 5.97 Å². The quantitative estimate of drug-likeness (QED) is 0.829. The minimum Gasteiger partial charge on any atom is -0.478 e. The van der Waals surface area contributed by atoms with Crippen molar-refractivity contribution in [2.24, 2.45) is 0 Å². The first-order chi connectivity index (χ1) is 9.60. The second-order valence-corrected chi connectivity index (χ2v) is 4.86. The SMILES string of the molecule is CCN1CCN(C(=O)CCn2cc(C(=O)O)cn2)CC1. The van der Waals surface area contributed by atoms with Gasteiger partial charge in [0.05, 0.1) is 11.8 Å². The normalized spacial score (nSPS) is 16.4. The molecule has 0 aliphatic carbocycles. The van der Waals surface area contributed by atoms with E-state index in [1.54, 1.807) is 0 Å². The van der Waals surface area contributed by atoms with Gasteiger partial charge in [-0.2, -0.15) is 5.10 Å². The molecule has 2 heterocycles. The molecule has 1 aromatic rings. The fourth-order valence-electron chi connectivity index (χ4n) is 2.28. The number of carboxylic acids is 1. The van der Waals surface area contributed by atoms with Crippen molar-refractivity contribution in [3.63, 3.8) is 0 Å². The Kier molecular flexibility index (Phi) is 4.73. The molecule has 7 nitrogen and oxygen atoms in total. The number of rotatable bonds is 5. The van der Waals surface area contributed by atoms with Crippen molar-refractivity contribution in [3.8, 4) is 0 Å². The van der Waals surface area contributed by atoms with Crippen LogP contribution in [0.1, 0.15) is 23.7 Å².